The fourth-order valence-electron chi connectivity index (χ4n) is 2.57. The Bertz CT molecular complexity index is 782. The highest BCUT2D eigenvalue weighted by molar-refractivity contribution is 7.93. The van der Waals surface area contributed by atoms with E-state index in [0.29, 0.717) is 5.75 Å². The highest BCUT2D eigenvalue weighted by Crippen LogP contribution is 2.34. The number of amides is 1. The first-order valence-electron chi connectivity index (χ1n) is 8.79. The van der Waals surface area contributed by atoms with Gasteiger partial charge in [-0.15, -0.1) is 0 Å². The maximum atomic E-state index is 12.1. The van der Waals surface area contributed by atoms with E-state index in [2.05, 4.69) is 4.98 Å². The van der Waals surface area contributed by atoms with Crippen molar-refractivity contribution in [3.05, 3.63) is 53.7 Å². The van der Waals surface area contributed by atoms with Gasteiger partial charge in [0, 0.05) is 31.3 Å². The summed E-state index contributed by atoms with van der Waals surface area (Å²) in [5, 5.41) is 8.46. The Morgan fingerprint density at radius 3 is 2.34 bits per heavy atom. The molecule has 0 saturated carbocycles. The molecule has 29 heavy (non-hydrogen) atoms. The van der Waals surface area contributed by atoms with E-state index in [9.17, 15) is 18.0 Å². The summed E-state index contributed by atoms with van der Waals surface area (Å²) >= 11 is -0.00882. The number of rotatable bonds is 5. The topological polar surface area (TPSA) is 82.9 Å². The van der Waals surface area contributed by atoms with E-state index < -0.39 is 16.8 Å². The minimum absolute atomic E-state index is 0.00882. The number of hydrogen-bond donors (Lipinski definition) is 2. The number of likely N-dealkylation sites (tertiary alicyclic amines) is 1. The molecule has 1 aliphatic heterocycles. The van der Waals surface area contributed by atoms with E-state index in [1.807, 2.05) is 4.90 Å². The maximum absolute atomic E-state index is 12.1. The highest BCUT2D eigenvalue weighted by atomic mass is 32.2. The zero-order valence-corrected chi connectivity index (χ0v) is 16.2. The van der Waals surface area contributed by atoms with Crippen LogP contribution >= 0.6 is 12.0 Å². The molecule has 1 aliphatic rings. The number of aliphatic hydroxyl groups excluding tert-OH is 1. The molecule has 1 fully saturated rings. The van der Waals surface area contributed by atoms with Gasteiger partial charge < -0.3 is 19.3 Å². The molecule has 1 aromatic heterocycles. The lowest BCUT2D eigenvalue weighted by molar-refractivity contribution is -0.140. The molecule has 0 bridgehead atoms. The zero-order chi connectivity index (χ0) is 21.3. The van der Waals surface area contributed by atoms with Crippen molar-refractivity contribution in [1.82, 2.24) is 9.88 Å². The Labute approximate surface area is 170 Å². The molecule has 2 heterocycles. The van der Waals surface area contributed by atoms with Crippen LogP contribution in [0.2, 0.25) is 0 Å². The second-order valence-electron chi connectivity index (χ2n) is 6.12. The molecule has 3 rings (SSSR count). The number of alkyl halides is 3. The maximum Gasteiger partial charge on any atom is 0.419 e. The van der Waals surface area contributed by atoms with Crippen LogP contribution in [0.5, 0.6) is 5.75 Å². The number of ether oxygens (including phenoxy) is 1. The number of halogens is 3. The molecule has 0 unspecified atom stereocenters. The number of benzene rings is 1. The molecule has 158 valence electrons. The summed E-state index contributed by atoms with van der Waals surface area (Å²) in [6.45, 7) is 1.82. The third-order valence-corrected chi connectivity index (χ3v) is 4.59. The van der Waals surface area contributed by atoms with E-state index >= 15 is 0 Å². The number of carbonyl (C=O) groups is 1. The average molecular weight is 430 g/mol. The Balaban J connectivity index is 0.000000221. The normalized spacial score (nSPS) is 13.6. The monoisotopic (exact) mass is 430 g/mol. The van der Waals surface area contributed by atoms with Gasteiger partial charge in [0.15, 0.2) is 6.61 Å². The summed E-state index contributed by atoms with van der Waals surface area (Å²) in [5.41, 5.74) is -0.0827. The number of carbonyl (C=O) groups excluding carboxylic acids is 1. The molecule has 1 saturated heterocycles. The van der Waals surface area contributed by atoms with Crippen LogP contribution < -0.4 is 4.74 Å². The van der Waals surface area contributed by atoms with Crippen molar-refractivity contribution in [2.75, 3.05) is 19.7 Å². The zero-order valence-electron chi connectivity index (χ0n) is 15.4. The van der Waals surface area contributed by atoms with Crippen molar-refractivity contribution in [3.8, 4) is 5.75 Å². The van der Waals surface area contributed by atoms with Gasteiger partial charge in [0.1, 0.15) is 10.8 Å². The lowest BCUT2D eigenvalue weighted by Gasteiger charge is -2.15. The van der Waals surface area contributed by atoms with Gasteiger partial charge >= 0.3 is 6.18 Å². The fourth-order valence-corrected chi connectivity index (χ4v) is 2.96. The fraction of sp³-hybridized carbons (Fsp3) is 0.368. The van der Waals surface area contributed by atoms with Gasteiger partial charge in [-0.25, -0.2) is 4.98 Å². The van der Waals surface area contributed by atoms with Crippen molar-refractivity contribution in [2.45, 2.75) is 30.7 Å². The van der Waals surface area contributed by atoms with Crippen LogP contribution in [0.1, 0.15) is 24.0 Å². The molecule has 1 aromatic carbocycles. The Morgan fingerprint density at radius 2 is 1.83 bits per heavy atom. The molecule has 0 atom stereocenters. The third kappa shape index (κ3) is 7.22. The quantitative estimate of drug-likeness (QED) is 0.702. The molecule has 1 amide bonds. The second-order valence-corrected chi connectivity index (χ2v) is 6.69. The Kier molecular flexibility index (Phi) is 8.74. The van der Waals surface area contributed by atoms with Crippen molar-refractivity contribution in [2.24, 2.45) is 0 Å². The van der Waals surface area contributed by atoms with E-state index in [1.54, 1.807) is 24.3 Å². The lowest BCUT2D eigenvalue weighted by atomic mass is 10.2. The van der Waals surface area contributed by atoms with Gasteiger partial charge in [-0.05, 0) is 42.7 Å². The summed E-state index contributed by atoms with van der Waals surface area (Å²) in [4.78, 5) is 16.9. The number of aliphatic hydroxyl groups is 1. The molecular formula is C19H21F3N2O4S. The molecule has 2 aromatic rings. The van der Waals surface area contributed by atoms with Crippen LogP contribution in [0.25, 0.3) is 0 Å². The van der Waals surface area contributed by atoms with Gasteiger partial charge in [-0.3, -0.25) is 4.79 Å². The van der Waals surface area contributed by atoms with Crippen LogP contribution in [-0.2, 0) is 17.6 Å². The third-order valence-electron chi connectivity index (χ3n) is 4.09. The minimum Gasteiger partial charge on any atom is -0.484 e. The summed E-state index contributed by atoms with van der Waals surface area (Å²) in [5.74, 6) is 0.712. The molecule has 6 nitrogen and oxygen atoms in total. The van der Waals surface area contributed by atoms with Gasteiger partial charge in [-0.2, -0.15) is 13.2 Å². The summed E-state index contributed by atoms with van der Waals surface area (Å²) in [6, 6.07) is 9.14. The number of pyridine rings is 1. The second kappa shape index (κ2) is 11.0. The SMILES string of the molecule is O=C(COc1ccc(CO)cc1)N1CCCC1.OSc1ncccc1C(F)(F)F. The smallest absolute Gasteiger partial charge is 0.419 e. The Hall–Kier alpha value is -2.30. The molecule has 2 N–H and O–H groups in total. The number of hydrogen-bond acceptors (Lipinski definition) is 6. The van der Waals surface area contributed by atoms with Gasteiger partial charge in [0.25, 0.3) is 5.91 Å². The number of nitrogens with zero attached hydrogens (tertiary/aromatic N) is 2. The Morgan fingerprint density at radius 1 is 1.17 bits per heavy atom. The predicted molar refractivity (Wildman–Crippen MR) is 101 cm³/mol. The standard InChI is InChI=1S/C13H17NO3.C6H4F3NOS/c15-9-11-3-5-12(6-4-11)17-10-13(16)14-7-1-2-8-14;7-6(8,9)4-2-1-3-10-5(4)12-11/h3-6,15H,1-2,7-10H2;1-3,11H. The first kappa shape index (κ1) is 23.0. The molecular weight excluding hydrogens is 409 g/mol. The highest BCUT2D eigenvalue weighted by Gasteiger charge is 2.34. The van der Waals surface area contributed by atoms with Crippen molar-refractivity contribution in [3.63, 3.8) is 0 Å². The largest absolute Gasteiger partial charge is 0.484 e. The number of aromatic nitrogens is 1. The first-order valence-corrected chi connectivity index (χ1v) is 9.56. The molecule has 0 radical (unpaired) electrons. The van der Waals surface area contributed by atoms with Crippen molar-refractivity contribution >= 4 is 17.9 Å². The van der Waals surface area contributed by atoms with Gasteiger partial charge in [0.05, 0.1) is 12.2 Å². The van der Waals surface area contributed by atoms with Gasteiger partial charge in [0.2, 0.25) is 0 Å². The first-order chi connectivity index (χ1) is 13.8. The van der Waals surface area contributed by atoms with Gasteiger partial charge in [-0.1, -0.05) is 12.1 Å². The van der Waals surface area contributed by atoms with Crippen LogP contribution in [0.4, 0.5) is 13.2 Å². The lowest BCUT2D eigenvalue weighted by Crippen LogP contribution is -2.32. The van der Waals surface area contributed by atoms with E-state index in [-0.39, 0.29) is 31.2 Å². The average Bonchev–Trinajstić information content (AvgIpc) is 3.27. The minimum atomic E-state index is -4.46. The van der Waals surface area contributed by atoms with Crippen LogP contribution in [0.3, 0.4) is 0 Å². The summed E-state index contributed by atoms with van der Waals surface area (Å²) in [7, 11) is 0. The predicted octanol–water partition coefficient (Wildman–Crippen LogP) is 3.85. The van der Waals surface area contributed by atoms with E-state index in [1.165, 1.54) is 12.3 Å². The van der Waals surface area contributed by atoms with Crippen LogP contribution in [-0.4, -0.2) is 45.1 Å². The van der Waals surface area contributed by atoms with Crippen molar-refractivity contribution in [1.29, 1.82) is 0 Å². The van der Waals surface area contributed by atoms with E-state index in [0.717, 1.165) is 37.6 Å². The summed E-state index contributed by atoms with van der Waals surface area (Å²) in [6.07, 6.45) is -1.08. The van der Waals surface area contributed by atoms with Crippen LogP contribution in [0, 0.1) is 0 Å². The summed E-state index contributed by atoms with van der Waals surface area (Å²) < 4.78 is 50.1. The molecule has 0 aliphatic carbocycles. The molecule has 0 spiro atoms. The van der Waals surface area contributed by atoms with E-state index in [4.69, 9.17) is 14.4 Å². The molecule has 10 heteroatoms. The van der Waals surface area contributed by atoms with Crippen LogP contribution in [0.15, 0.2) is 47.6 Å². The van der Waals surface area contributed by atoms with Crippen molar-refractivity contribution < 1.29 is 32.4 Å².